The van der Waals surface area contributed by atoms with Crippen molar-refractivity contribution >= 4 is 11.7 Å². The van der Waals surface area contributed by atoms with Crippen LogP contribution in [0.1, 0.15) is 10.4 Å². The van der Waals surface area contributed by atoms with E-state index < -0.39 is 5.82 Å². The zero-order valence-corrected chi connectivity index (χ0v) is 16.0. The van der Waals surface area contributed by atoms with E-state index in [-0.39, 0.29) is 17.4 Å². The number of aromatic nitrogens is 1. The Morgan fingerprint density at radius 1 is 1.19 bits per heavy atom. The fraction of sp³-hybridized carbons (Fsp3) is 0.444. The van der Waals surface area contributed by atoms with E-state index in [4.69, 9.17) is 9.26 Å². The largest absolute Gasteiger partial charge is 0.494 e. The van der Waals surface area contributed by atoms with E-state index in [9.17, 15) is 9.18 Å². The topological polar surface area (TPSA) is 62.1 Å². The molecule has 1 amide bonds. The van der Waals surface area contributed by atoms with Crippen molar-refractivity contribution in [3.05, 3.63) is 29.6 Å². The van der Waals surface area contributed by atoms with E-state index in [1.54, 1.807) is 30.9 Å². The summed E-state index contributed by atoms with van der Waals surface area (Å²) >= 11 is 0. The lowest BCUT2D eigenvalue weighted by Gasteiger charge is -2.20. The van der Waals surface area contributed by atoms with E-state index in [1.165, 1.54) is 25.3 Å². The van der Waals surface area contributed by atoms with E-state index in [2.05, 4.69) is 5.16 Å². The number of hydrogen-bond donors (Lipinski definition) is 0. The van der Waals surface area contributed by atoms with Crippen molar-refractivity contribution in [2.45, 2.75) is 0 Å². The van der Waals surface area contributed by atoms with Gasteiger partial charge >= 0.3 is 0 Å². The quantitative estimate of drug-likeness (QED) is 0.751. The minimum Gasteiger partial charge on any atom is -0.494 e. The van der Waals surface area contributed by atoms with Gasteiger partial charge in [-0.2, -0.15) is 0 Å². The molecule has 0 saturated heterocycles. The molecule has 0 radical (unpaired) electrons. The number of carbonyl (C=O) groups is 1. The number of rotatable bonds is 7. The van der Waals surface area contributed by atoms with Gasteiger partial charge in [0.05, 0.1) is 7.11 Å². The summed E-state index contributed by atoms with van der Waals surface area (Å²) in [5, 5.41) is 4.03. The van der Waals surface area contributed by atoms with Gasteiger partial charge in [-0.3, -0.25) is 4.79 Å². The number of carbonyl (C=O) groups excluding carboxylic acids is 1. The summed E-state index contributed by atoms with van der Waals surface area (Å²) in [6.45, 7) is 1.28. The fourth-order valence-corrected chi connectivity index (χ4v) is 2.42. The third-order valence-electron chi connectivity index (χ3n) is 3.95. The van der Waals surface area contributed by atoms with Crippen LogP contribution in [0.15, 0.2) is 22.7 Å². The van der Waals surface area contributed by atoms with Crippen LogP contribution in [0.3, 0.4) is 0 Å². The molecule has 0 spiro atoms. The molecule has 2 rings (SSSR count). The minimum absolute atomic E-state index is 0.0738. The molecule has 26 heavy (non-hydrogen) atoms. The van der Waals surface area contributed by atoms with Crippen LogP contribution in [-0.2, 0) is 0 Å². The Kier molecular flexibility index (Phi) is 6.20. The van der Waals surface area contributed by atoms with Gasteiger partial charge in [-0.1, -0.05) is 5.16 Å². The summed E-state index contributed by atoms with van der Waals surface area (Å²) in [6, 6.07) is 4.30. The zero-order valence-electron chi connectivity index (χ0n) is 16.0. The SMILES string of the molecule is COc1cc(-c2onc(N(C)C)c2C(=O)N(C)CCN(C)C)ccc1F. The zero-order chi connectivity index (χ0) is 19.4. The standard InChI is InChI=1S/C18H25FN4O3/c1-21(2)9-10-23(5)18(24)15-16(26-20-17(15)22(3)4)12-7-8-13(19)14(11-12)25-6/h7-8,11H,9-10H2,1-6H3. The fourth-order valence-electron chi connectivity index (χ4n) is 2.42. The van der Waals surface area contributed by atoms with Crippen LogP contribution in [0.2, 0.25) is 0 Å². The Hall–Kier alpha value is -2.61. The number of nitrogens with zero attached hydrogens (tertiary/aromatic N) is 4. The van der Waals surface area contributed by atoms with E-state index in [0.717, 1.165) is 6.54 Å². The van der Waals surface area contributed by atoms with Crippen LogP contribution in [0.25, 0.3) is 11.3 Å². The third-order valence-corrected chi connectivity index (χ3v) is 3.95. The van der Waals surface area contributed by atoms with Gasteiger partial charge in [0.1, 0.15) is 5.56 Å². The van der Waals surface area contributed by atoms with E-state index in [1.807, 2.05) is 19.0 Å². The van der Waals surface area contributed by atoms with Crippen LogP contribution < -0.4 is 9.64 Å². The third kappa shape index (κ3) is 4.13. The van der Waals surface area contributed by atoms with Gasteiger partial charge in [0.15, 0.2) is 23.1 Å². The molecule has 0 bridgehead atoms. The molecule has 7 nitrogen and oxygen atoms in total. The predicted molar refractivity (Wildman–Crippen MR) is 98.3 cm³/mol. The molecule has 1 heterocycles. The Bertz CT molecular complexity index is 774. The van der Waals surface area contributed by atoms with Crippen LogP contribution in [0.4, 0.5) is 10.2 Å². The summed E-state index contributed by atoms with van der Waals surface area (Å²) in [6.07, 6.45) is 0. The maximum Gasteiger partial charge on any atom is 0.261 e. The number of amides is 1. The highest BCUT2D eigenvalue weighted by Crippen LogP contribution is 2.34. The number of methoxy groups -OCH3 is 1. The molecule has 2 aromatic rings. The maximum atomic E-state index is 13.7. The lowest BCUT2D eigenvalue weighted by atomic mass is 10.1. The van der Waals surface area contributed by atoms with Gasteiger partial charge in [-0.25, -0.2) is 4.39 Å². The molecule has 8 heteroatoms. The first-order chi connectivity index (χ1) is 12.3. The first kappa shape index (κ1) is 19.7. The summed E-state index contributed by atoms with van der Waals surface area (Å²) < 4.78 is 24.2. The molecule has 0 unspecified atom stereocenters. The average molecular weight is 364 g/mol. The van der Waals surface area contributed by atoms with E-state index in [0.29, 0.717) is 23.5 Å². The van der Waals surface area contributed by atoms with Crippen molar-refractivity contribution in [2.24, 2.45) is 0 Å². The van der Waals surface area contributed by atoms with Crippen LogP contribution in [-0.4, -0.2) is 76.3 Å². The second-order valence-corrected chi connectivity index (χ2v) is 6.48. The highest BCUT2D eigenvalue weighted by Gasteiger charge is 2.28. The van der Waals surface area contributed by atoms with Crippen molar-refractivity contribution in [1.29, 1.82) is 0 Å². The number of halogens is 1. The molecule has 0 atom stereocenters. The summed E-state index contributed by atoms with van der Waals surface area (Å²) in [4.78, 5) is 18.4. The van der Waals surface area contributed by atoms with E-state index >= 15 is 0 Å². The maximum absolute atomic E-state index is 13.7. The summed E-state index contributed by atoms with van der Waals surface area (Å²) in [5.41, 5.74) is 0.859. The Labute approximate surface area is 152 Å². The van der Waals surface area contributed by atoms with Crippen LogP contribution >= 0.6 is 0 Å². The highest BCUT2D eigenvalue weighted by molar-refractivity contribution is 6.04. The van der Waals surface area contributed by atoms with Crippen molar-refractivity contribution in [2.75, 3.05) is 60.3 Å². The molecule has 0 fully saturated rings. The first-order valence-electron chi connectivity index (χ1n) is 8.17. The molecule has 1 aromatic carbocycles. The number of ether oxygens (including phenoxy) is 1. The summed E-state index contributed by atoms with van der Waals surface area (Å²) in [7, 11) is 10.6. The number of benzene rings is 1. The number of likely N-dealkylation sites (N-methyl/N-ethyl adjacent to an activating group) is 2. The van der Waals surface area contributed by atoms with Gasteiger partial charge < -0.3 is 24.0 Å². The second kappa shape index (κ2) is 8.18. The van der Waals surface area contributed by atoms with Gasteiger partial charge in [-0.05, 0) is 32.3 Å². The van der Waals surface area contributed by atoms with Gasteiger partial charge in [0, 0.05) is 39.8 Å². The molecule has 0 aliphatic rings. The Morgan fingerprint density at radius 3 is 2.46 bits per heavy atom. The van der Waals surface area contributed by atoms with Gasteiger partial charge in [0.25, 0.3) is 5.91 Å². The number of anilines is 1. The molecule has 1 aromatic heterocycles. The lowest BCUT2D eigenvalue weighted by molar-refractivity contribution is 0.0787. The second-order valence-electron chi connectivity index (χ2n) is 6.48. The molecule has 0 aliphatic carbocycles. The molecular weight excluding hydrogens is 339 g/mol. The van der Waals surface area contributed by atoms with Crippen molar-refractivity contribution < 1.29 is 18.4 Å². The highest BCUT2D eigenvalue weighted by atomic mass is 19.1. The van der Waals surface area contributed by atoms with Gasteiger partial charge in [0.2, 0.25) is 0 Å². The Morgan fingerprint density at radius 2 is 1.88 bits per heavy atom. The van der Waals surface area contributed by atoms with Crippen LogP contribution in [0.5, 0.6) is 5.75 Å². The van der Waals surface area contributed by atoms with Crippen molar-refractivity contribution in [3.8, 4) is 17.1 Å². The monoisotopic (exact) mass is 364 g/mol. The average Bonchev–Trinajstić information content (AvgIpc) is 3.04. The molecule has 0 N–H and O–H groups in total. The normalized spacial score (nSPS) is 10.9. The minimum atomic E-state index is -0.487. The smallest absolute Gasteiger partial charge is 0.261 e. The Balaban J connectivity index is 2.47. The molecule has 142 valence electrons. The van der Waals surface area contributed by atoms with Gasteiger partial charge in [-0.15, -0.1) is 0 Å². The van der Waals surface area contributed by atoms with Crippen molar-refractivity contribution in [1.82, 2.24) is 15.0 Å². The molecule has 0 aliphatic heterocycles. The molecule has 0 saturated carbocycles. The first-order valence-corrected chi connectivity index (χ1v) is 8.17. The van der Waals surface area contributed by atoms with Crippen molar-refractivity contribution in [3.63, 3.8) is 0 Å². The van der Waals surface area contributed by atoms with Crippen LogP contribution in [0, 0.1) is 5.82 Å². The summed E-state index contributed by atoms with van der Waals surface area (Å²) in [5.74, 6) is 0.0815. The predicted octanol–water partition coefficient (Wildman–Crippen LogP) is 2.19. The number of hydrogen-bond acceptors (Lipinski definition) is 6. The molecular formula is C18H25FN4O3. The lowest BCUT2D eigenvalue weighted by Crippen LogP contribution is -2.34.